The second-order valence-electron chi connectivity index (χ2n) is 7.39. The standard InChI is InChI=1S/C24H20BrNO4/c1-13-4-10-18(12-14(13)2)26-21(19-11-5-15(3)30-19)20(23(28)24(26)29)22(27)16-6-8-17(25)9-7-16/h4-12,21,27H,1-3H3/b22-20-. The van der Waals surface area contributed by atoms with E-state index in [-0.39, 0.29) is 11.3 Å². The van der Waals surface area contributed by atoms with Crippen LogP contribution in [0, 0.1) is 20.8 Å². The highest BCUT2D eigenvalue weighted by Crippen LogP contribution is 2.43. The lowest BCUT2D eigenvalue weighted by Gasteiger charge is -2.24. The van der Waals surface area contributed by atoms with Gasteiger partial charge in [0, 0.05) is 15.7 Å². The second kappa shape index (κ2) is 7.61. The van der Waals surface area contributed by atoms with Crippen LogP contribution in [0.3, 0.4) is 0 Å². The van der Waals surface area contributed by atoms with Crippen LogP contribution in [0.1, 0.15) is 34.3 Å². The lowest BCUT2D eigenvalue weighted by molar-refractivity contribution is -0.132. The fraction of sp³-hybridized carbons (Fsp3) is 0.167. The molecule has 1 aliphatic rings. The summed E-state index contributed by atoms with van der Waals surface area (Å²) in [7, 11) is 0. The first-order valence-corrected chi connectivity index (χ1v) is 10.3. The zero-order valence-corrected chi connectivity index (χ0v) is 18.4. The number of anilines is 1. The topological polar surface area (TPSA) is 70.8 Å². The van der Waals surface area contributed by atoms with Crippen molar-refractivity contribution < 1.29 is 19.1 Å². The van der Waals surface area contributed by atoms with Gasteiger partial charge in [-0.25, -0.2) is 0 Å². The summed E-state index contributed by atoms with van der Waals surface area (Å²) in [6, 6.07) is 15.1. The molecule has 0 bridgehead atoms. The van der Waals surface area contributed by atoms with E-state index in [2.05, 4.69) is 15.9 Å². The number of hydrogen-bond donors (Lipinski definition) is 1. The average molecular weight is 466 g/mol. The number of rotatable bonds is 3. The Morgan fingerprint density at radius 1 is 0.967 bits per heavy atom. The number of furan rings is 1. The van der Waals surface area contributed by atoms with Crippen LogP contribution in [0.15, 0.2) is 69.1 Å². The van der Waals surface area contributed by atoms with Gasteiger partial charge in [0.2, 0.25) is 0 Å². The fourth-order valence-electron chi connectivity index (χ4n) is 3.61. The van der Waals surface area contributed by atoms with Gasteiger partial charge < -0.3 is 9.52 Å². The number of ketones is 1. The first kappa shape index (κ1) is 20.2. The fourth-order valence-corrected chi connectivity index (χ4v) is 3.87. The van der Waals surface area contributed by atoms with Gasteiger partial charge >= 0.3 is 0 Å². The molecular weight excluding hydrogens is 446 g/mol. The van der Waals surface area contributed by atoms with Crippen LogP contribution in [0.4, 0.5) is 5.69 Å². The van der Waals surface area contributed by atoms with Crippen molar-refractivity contribution >= 4 is 39.1 Å². The molecule has 2 heterocycles. The Morgan fingerprint density at radius 2 is 1.67 bits per heavy atom. The van der Waals surface area contributed by atoms with Gasteiger partial charge in [-0.3, -0.25) is 14.5 Å². The summed E-state index contributed by atoms with van der Waals surface area (Å²) in [6.45, 7) is 5.72. The third-order valence-electron chi connectivity index (χ3n) is 5.36. The molecule has 0 aliphatic carbocycles. The van der Waals surface area contributed by atoms with Crippen molar-refractivity contribution in [2.75, 3.05) is 4.90 Å². The van der Waals surface area contributed by atoms with Crippen LogP contribution < -0.4 is 4.90 Å². The normalized spacial score (nSPS) is 18.3. The van der Waals surface area contributed by atoms with Gasteiger partial charge in [-0.1, -0.05) is 34.1 Å². The summed E-state index contributed by atoms with van der Waals surface area (Å²) in [5.41, 5.74) is 3.11. The molecule has 1 aromatic heterocycles. The molecule has 152 valence electrons. The summed E-state index contributed by atoms with van der Waals surface area (Å²) in [5.74, 6) is -0.599. The summed E-state index contributed by atoms with van der Waals surface area (Å²) in [6.07, 6.45) is 0. The number of halogens is 1. The molecule has 3 aromatic rings. The highest BCUT2D eigenvalue weighted by molar-refractivity contribution is 9.10. The van der Waals surface area contributed by atoms with E-state index in [9.17, 15) is 14.7 Å². The van der Waals surface area contributed by atoms with Crippen molar-refractivity contribution in [3.05, 3.63) is 92.9 Å². The predicted octanol–water partition coefficient (Wildman–Crippen LogP) is 5.59. The van der Waals surface area contributed by atoms with Gasteiger partial charge in [0.25, 0.3) is 11.7 Å². The minimum atomic E-state index is -0.857. The van der Waals surface area contributed by atoms with Crippen molar-refractivity contribution in [1.82, 2.24) is 0 Å². The number of aliphatic hydroxyl groups is 1. The maximum Gasteiger partial charge on any atom is 0.300 e. The predicted molar refractivity (Wildman–Crippen MR) is 118 cm³/mol. The third-order valence-corrected chi connectivity index (χ3v) is 5.89. The number of Topliss-reactive ketones (excluding diaryl/α,β-unsaturated/α-hetero) is 1. The first-order valence-electron chi connectivity index (χ1n) is 9.48. The molecular formula is C24H20BrNO4. The SMILES string of the molecule is Cc1ccc(C2/C(=C(/O)c3ccc(Br)cc3)C(=O)C(=O)N2c2ccc(C)c(C)c2)o1. The van der Waals surface area contributed by atoms with E-state index in [0.717, 1.165) is 15.6 Å². The van der Waals surface area contributed by atoms with E-state index in [1.165, 1.54) is 4.90 Å². The van der Waals surface area contributed by atoms with Crippen molar-refractivity contribution in [3.8, 4) is 0 Å². The zero-order chi connectivity index (χ0) is 21.6. The monoisotopic (exact) mass is 465 g/mol. The second-order valence-corrected chi connectivity index (χ2v) is 8.31. The number of aryl methyl sites for hydroxylation is 3. The van der Waals surface area contributed by atoms with Crippen LogP contribution in [0.2, 0.25) is 0 Å². The van der Waals surface area contributed by atoms with Gasteiger partial charge in [-0.05, 0) is 68.3 Å². The molecule has 1 saturated heterocycles. The molecule has 1 aliphatic heterocycles. The molecule has 2 aromatic carbocycles. The number of aliphatic hydroxyl groups excluding tert-OH is 1. The Bertz CT molecular complexity index is 1190. The van der Waals surface area contributed by atoms with Crippen LogP contribution in [-0.4, -0.2) is 16.8 Å². The van der Waals surface area contributed by atoms with Crippen molar-refractivity contribution in [1.29, 1.82) is 0 Å². The van der Waals surface area contributed by atoms with Crippen molar-refractivity contribution in [3.63, 3.8) is 0 Å². The maximum absolute atomic E-state index is 13.1. The van der Waals surface area contributed by atoms with Gasteiger partial charge in [-0.15, -0.1) is 0 Å². The van der Waals surface area contributed by atoms with Crippen LogP contribution in [-0.2, 0) is 9.59 Å². The Labute approximate surface area is 182 Å². The van der Waals surface area contributed by atoms with Crippen LogP contribution in [0.25, 0.3) is 5.76 Å². The van der Waals surface area contributed by atoms with Crippen molar-refractivity contribution in [2.24, 2.45) is 0 Å². The summed E-state index contributed by atoms with van der Waals surface area (Å²) < 4.78 is 6.65. The summed E-state index contributed by atoms with van der Waals surface area (Å²) in [5, 5.41) is 11.0. The quantitative estimate of drug-likeness (QED) is 0.310. The highest BCUT2D eigenvalue weighted by Gasteiger charge is 2.48. The Balaban J connectivity index is 1.94. The lowest BCUT2D eigenvalue weighted by atomic mass is 9.99. The molecule has 0 radical (unpaired) electrons. The lowest BCUT2D eigenvalue weighted by Crippen LogP contribution is -2.29. The minimum absolute atomic E-state index is 0.00917. The third kappa shape index (κ3) is 3.37. The molecule has 0 saturated carbocycles. The van der Waals surface area contributed by atoms with E-state index >= 15 is 0 Å². The largest absolute Gasteiger partial charge is 0.507 e. The van der Waals surface area contributed by atoms with E-state index < -0.39 is 17.7 Å². The maximum atomic E-state index is 13.1. The van der Waals surface area contributed by atoms with E-state index in [1.807, 2.05) is 26.0 Å². The highest BCUT2D eigenvalue weighted by atomic mass is 79.9. The van der Waals surface area contributed by atoms with Crippen LogP contribution in [0.5, 0.6) is 0 Å². The Morgan fingerprint density at radius 3 is 2.27 bits per heavy atom. The molecule has 1 fully saturated rings. The van der Waals surface area contributed by atoms with Gasteiger partial charge in [0.05, 0.1) is 5.57 Å². The molecule has 0 spiro atoms. The number of amides is 1. The van der Waals surface area contributed by atoms with E-state index in [0.29, 0.717) is 22.8 Å². The number of hydrogen-bond acceptors (Lipinski definition) is 4. The molecule has 1 N–H and O–H groups in total. The molecule has 4 rings (SSSR count). The first-order chi connectivity index (χ1) is 14.3. The molecule has 1 atom stereocenters. The smallest absolute Gasteiger partial charge is 0.300 e. The van der Waals surface area contributed by atoms with E-state index in [1.54, 1.807) is 49.4 Å². The molecule has 1 amide bonds. The molecule has 5 nitrogen and oxygen atoms in total. The number of carbonyl (C=O) groups is 2. The molecule has 1 unspecified atom stereocenters. The Hall–Kier alpha value is -3.12. The van der Waals surface area contributed by atoms with Gasteiger partial charge in [0.1, 0.15) is 23.3 Å². The Kier molecular flexibility index (Phi) is 5.12. The number of nitrogens with zero attached hydrogens (tertiary/aromatic N) is 1. The number of benzene rings is 2. The van der Waals surface area contributed by atoms with Gasteiger partial charge in [-0.2, -0.15) is 0 Å². The minimum Gasteiger partial charge on any atom is -0.507 e. The number of carbonyl (C=O) groups excluding carboxylic acids is 2. The average Bonchev–Trinajstić information content (AvgIpc) is 3.25. The van der Waals surface area contributed by atoms with Gasteiger partial charge in [0.15, 0.2) is 0 Å². The summed E-state index contributed by atoms with van der Waals surface area (Å²) in [4.78, 5) is 27.5. The van der Waals surface area contributed by atoms with E-state index in [4.69, 9.17) is 4.42 Å². The zero-order valence-electron chi connectivity index (χ0n) is 16.8. The van der Waals surface area contributed by atoms with Crippen molar-refractivity contribution in [2.45, 2.75) is 26.8 Å². The molecule has 30 heavy (non-hydrogen) atoms. The summed E-state index contributed by atoms with van der Waals surface area (Å²) >= 11 is 3.36. The molecule has 6 heteroatoms. The van der Waals surface area contributed by atoms with Crippen LogP contribution >= 0.6 is 15.9 Å².